The average molecular weight is 534 g/mol. The second-order valence-corrected chi connectivity index (χ2v) is 10.0. The summed E-state index contributed by atoms with van der Waals surface area (Å²) in [6.07, 6.45) is -0.539. The molecular formula is C29H28BrNO4. The van der Waals surface area contributed by atoms with E-state index in [2.05, 4.69) is 21.2 Å². The maximum Gasteiger partial charge on any atom is 0.412 e. The maximum absolute atomic E-state index is 12.5. The fraction of sp³-hybridized carbons (Fsp3) is 0.207. The molecule has 4 rings (SSSR count). The zero-order valence-corrected chi connectivity index (χ0v) is 21.6. The van der Waals surface area contributed by atoms with Crippen LogP contribution in [0.3, 0.4) is 0 Å². The summed E-state index contributed by atoms with van der Waals surface area (Å²) in [5.41, 5.74) is 2.04. The number of carbonyl (C=O) groups is 1. The number of halogens is 1. The lowest BCUT2D eigenvalue weighted by Gasteiger charge is -2.21. The minimum atomic E-state index is -0.611. The first-order valence-corrected chi connectivity index (χ1v) is 12.2. The van der Waals surface area contributed by atoms with E-state index in [9.17, 15) is 4.79 Å². The Bertz CT molecular complexity index is 1300. The van der Waals surface area contributed by atoms with Gasteiger partial charge in [-0.1, -0.05) is 60.7 Å². The molecular weight excluding hydrogens is 506 g/mol. The van der Waals surface area contributed by atoms with Crippen molar-refractivity contribution in [1.29, 1.82) is 0 Å². The highest BCUT2D eigenvalue weighted by atomic mass is 79.9. The van der Waals surface area contributed by atoms with E-state index < -0.39 is 11.7 Å². The maximum atomic E-state index is 12.5. The smallest absolute Gasteiger partial charge is 0.412 e. The lowest BCUT2D eigenvalue weighted by molar-refractivity contribution is 0.0635. The number of anilines is 1. The van der Waals surface area contributed by atoms with Gasteiger partial charge in [-0.15, -0.1) is 0 Å². The van der Waals surface area contributed by atoms with Gasteiger partial charge in [-0.25, -0.2) is 4.79 Å². The van der Waals surface area contributed by atoms with Crippen LogP contribution in [0.15, 0.2) is 89.4 Å². The molecule has 0 aromatic heterocycles. The zero-order valence-electron chi connectivity index (χ0n) is 20.0. The molecule has 0 saturated heterocycles. The fourth-order valence-electron chi connectivity index (χ4n) is 3.49. The van der Waals surface area contributed by atoms with Gasteiger partial charge < -0.3 is 14.2 Å². The number of amides is 1. The van der Waals surface area contributed by atoms with Crippen LogP contribution >= 0.6 is 15.9 Å². The molecule has 35 heavy (non-hydrogen) atoms. The Morgan fingerprint density at radius 1 is 0.771 bits per heavy atom. The van der Waals surface area contributed by atoms with Crippen molar-refractivity contribution < 1.29 is 19.0 Å². The van der Waals surface area contributed by atoms with Crippen LogP contribution in [-0.4, -0.2) is 11.7 Å². The summed E-state index contributed by atoms with van der Waals surface area (Å²) in [6, 6.07) is 27.6. The number of rotatable bonds is 7. The third kappa shape index (κ3) is 6.99. The highest BCUT2D eigenvalue weighted by Gasteiger charge is 2.19. The molecule has 0 unspecified atom stereocenters. The van der Waals surface area contributed by atoms with Crippen LogP contribution in [-0.2, 0) is 18.0 Å². The molecule has 1 amide bonds. The van der Waals surface area contributed by atoms with E-state index in [0.29, 0.717) is 24.7 Å². The largest absolute Gasteiger partial charge is 0.488 e. The first kappa shape index (κ1) is 24.6. The summed E-state index contributed by atoms with van der Waals surface area (Å²) in [7, 11) is 0. The van der Waals surface area contributed by atoms with E-state index in [4.69, 9.17) is 14.2 Å². The van der Waals surface area contributed by atoms with E-state index in [0.717, 1.165) is 32.1 Å². The summed E-state index contributed by atoms with van der Waals surface area (Å²) in [5, 5.41) is 4.69. The van der Waals surface area contributed by atoms with Gasteiger partial charge in [0.25, 0.3) is 0 Å². The van der Waals surface area contributed by atoms with Gasteiger partial charge >= 0.3 is 6.09 Å². The summed E-state index contributed by atoms with van der Waals surface area (Å²) in [6.45, 7) is 6.31. The molecule has 4 aromatic rings. The molecule has 0 fully saturated rings. The number of hydrogen-bond donors (Lipinski definition) is 1. The molecule has 4 aromatic carbocycles. The minimum Gasteiger partial charge on any atom is -0.488 e. The van der Waals surface area contributed by atoms with Gasteiger partial charge in [-0.05, 0) is 82.9 Å². The van der Waals surface area contributed by atoms with Crippen molar-refractivity contribution in [3.05, 3.63) is 101 Å². The first-order chi connectivity index (χ1) is 16.8. The van der Waals surface area contributed by atoms with Gasteiger partial charge in [0, 0.05) is 0 Å². The van der Waals surface area contributed by atoms with E-state index in [1.54, 1.807) is 0 Å². The lowest BCUT2D eigenvalue weighted by Crippen LogP contribution is -2.27. The van der Waals surface area contributed by atoms with E-state index in [-0.39, 0.29) is 0 Å². The fourth-order valence-corrected chi connectivity index (χ4v) is 3.97. The predicted octanol–water partition coefficient (Wildman–Crippen LogP) is 8.11. The zero-order chi connectivity index (χ0) is 24.8. The van der Waals surface area contributed by atoms with Crippen molar-refractivity contribution in [2.24, 2.45) is 0 Å². The molecule has 5 nitrogen and oxygen atoms in total. The van der Waals surface area contributed by atoms with Crippen LogP contribution in [0, 0.1) is 0 Å². The number of benzene rings is 4. The Balaban J connectivity index is 1.64. The van der Waals surface area contributed by atoms with Crippen molar-refractivity contribution in [2.75, 3.05) is 5.32 Å². The van der Waals surface area contributed by atoms with Crippen LogP contribution < -0.4 is 14.8 Å². The minimum absolute atomic E-state index is 0.364. The summed E-state index contributed by atoms with van der Waals surface area (Å²) >= 11 is 3.62. The highest BCUT2D eigenvalue weighted by Crippen LogP contribution is 2.37. The monoisotopic (exact) mass is 533 g/mol. The predicted molar refractivity (Wildman–Crippen MR) is 143 cm³/mol. The van der Waals surface area contributed by atoms with Gasteiger partial charge in [0.1, 0.15) is 30.3 Å². The Hall–Kier alpha value is -3.51. The van der Waals surface area contributed by atoms with Crippen molar-refractivity contribution >= 4 is 38.5 Å². The van der Waals surface area contributed by atoms with Crippen LogP contribution in [0.25, 0.3) is 10.8 Å². The van der Waals surface area contributed by atoms with E-state index in [1.807, 2.05) is 106 Å². The molecule has 0 aliphatic heterocycles. The molecule has 6 heteroatoms. The molecule has 0 bridgehead atoms. The Kier molecular flexibility index (Phi) is 7.61. The second kappa shape index (κ2) is 10.8. The van der Waals surface area contributed by atoms with Crippen LogP contribution in [0.1, 0.15) is 31.9 Å². The topological polar surface area (TPSA) is 56.8 Å². The van der Waals surface area contributed by atoms with Gasteiger partial charge in [-0.2, -0.15) is 0 Å². The third-order valence-corrected chi connectivity index (χ3v) is 5.72. The van der Waals surface area contributed by atoms with Crippen molar-refractivity contribution in [3.63, 3.8) is 0 Å². The standard InChI is InChI=1S/C29H28BrNO4/c1-29(2,3)35-28(32)31-25-15-22-14-24(30)26(33-18-20-10-6-4-7-11-20)16-23(22)17-27(25)34-19-21-12-8-5-9-13-21/h4-17H,18-19H2,1-3H3,(H,31,32). The molecule has 0 spiro atoms. The average Bonchev–Trinajstić information content (AvgIpc) is 2.82. The van der Waals surface area contributed by atoms with Gasteiger partial charge in [0.2, 0.25) is 0 Å². The molecule has 180 valence electrons. The number of ether oxygens (including phenoxy) is 3. The number of carbonyl (C=O) groups excluding carboxylic acids is 1. The van der Waals surface area contributed by atoms with Crippen molar-refractivity contribution in [3.8, 4) is 11.5 Å². The van der Waals surface area contributed by atoms with E-state index >= 15 is 0 Å². The van der Waals surface area contributed by atoms with Crippen LogP contribution in [0.5, 0.6) is 11.5 Å². The Labute approximate surface area is 214 Å². The normalized spacial score (nSPS) is 11.2. The molecule has 0 atom stereocenters. The summed E-state index contributed by atoms with van der Waals surface area (Å²) in [4.78, 5) is 12.5. The van der Waals surface area contributed by atoms with Crippen LogP contribution in [0.4, 0.5) is 10.5 Å². The van der Waals surface area contributed by atoms with Crippen LogP contribution in [0.2, 0.25) is 0 Å². The van der Waals surface area contributed by atoms with Crippen molar-refractivity contribution in [2.45, 2.75) is 39.6 Å². The molecule has 1 N–H and O–H groups in total. The molecule has 0 heterocycles. The third-order valence-electron chi connectivity index (χ3n) is 5.10. The molecule has 0 radical (unpaired) electrons. The number of nitrogens with one attached hydrogen (secondary N) is 1. The molecule has 0 saturated carbocycles. The second-order valence-electron chi connectivity index (χ2n) is 9.15. The quantitative estimate of drug-likeness (QED) is 0.260. The summed E-state index contributed by atoms with van der Waals surface area (Å²) < 4.78 is 18.5. The van der Waals surface area contributed by atoms with Gasteiger partial charge in [0.05, 0.1) is 10.2 Å². The Morgan fingerprint density at radius 2 is 1.29 bits per heavy atom. The summed E-state index contributed by atoms with van der Waals surface area (Å²) in [5.74, 6) is 1.27. The number of hydrogen-bond acceptors (Lipinski definition) is 4. The van der Waals surface area contributed by atoms with Gasteiger partial charge in [0.15, 0.2) is 0 Å². The molecule has 0 aliphatic carbocycles. The van der Waals surface area contributed by atoms with Crippen molar-refractivity contribution in [1.82, 2.24) is 0 Å². The first-order valence-electron chi connectivity index (χ1n) is 11.4. The SMILES string of the molecule is CC(C)(C)OC(=O)Nc1cc2cc(Br)c(OCc3ccccc3)cc2cc1OCc1ccccc1. The lowest BCUT2D eigenvalue weighted by atomic mass is 10.1. The Morgan fingerprint density at radius 3 is 1.86 bits per heavy atom. The number of fused-ring (bicyclic) bond motifs is 1. The van der Waals surface area contributed by atoms with Gasteiger partial charge in [-0.3, -0.25) is 5.32 Å². The highest BCUT2D eigenvalue weighted by molar-refractivity contribution is 9.10. The van der Waals surface area contributed by atoms with E-state index in [1.165, 1.54) is 0 Å². The molecule has 0 aliphatic rings.